The summed E-state index contributed by atoms with van der Waals surface area (Å²) in [4.78, 5) is 32.0. The molecule has 2 aromatic carbocycles. The van der Waals surface area contributed by atoms with E-state index in [0.29, 0.717) is 11.9 Å². The van der Waals surface area contributed by atoms with Gasteiger partial charge in [0.2, 0.25) is 17.8 Å². The minimum atomic E-state index is 0.551. The second kappa shape index (κ2) is 11.6. The van der Waals surface area contributed by atoms with Crippen LogP contribution in [0.15, 0.2) is 73.3 Å². The third kappa shape index (κ3) is 6.23. The van der Waals surface area contributed by atoms with Gasteiger partial charge in [0.15, 0.2) is 0 Å². The number of likely N-dealkylation sites (N-methyl/N-ethyl adjacent to an activating group) is 1. The number of hydrogen-bond acceptors (Lipinski definition) is 10. The van der Waals surface area contributed by atoms with E-state index in [-0.39, 0.29) is 0 Å². The van der Waals surface area contributed by atoms with Crippen LogP contribution in [0.3, 0.4) is 0 Å². The molecule has 39 heavy (non-hydrogen) atoms. The minimum absolute atomic E-state index is 0.551. The van der Waals surface area contributed by atoms with Crippen molar-refractivity contribution < 1.29 is 0 Å². The Labute approximate surface area is 229 Å². The molecule has 0 radical (unpaired) electrons. The van der Waals surface area contributed by atoms with Crippen molar-refractivity contribution in [2.24, 2.45) is 0 Å². The lowest BCUT2D eigenvalue weighted by molar-refractivity contribution is 0.313. The van der Waals surface area contributed by atoms with Gasteiger partial charge in [-0.2, -0.15) is 4.98 Å². The Kier molecular flexibility index (Phi) is 7.44. The lowest BCUT2D eigenvalue weighted by atomic mass is 10.1. The minimum Gasteiger partial charge on any atom is -0.369 e. The Balaban J connectivity index is 1.05. The van der Waals surface area contributed by atoms with Crippen LogP contribution in [0.4, 0.5) is 29.2 Å². The second-order valence-electron chi connectivity index (χ2n) is 10.1. The van der Waals surface area contributed by atoms with Crippen LogP contribution >= 0.6 is 0 Å². The summed E-state index contributed by atoms with van der Waals surface area (Å²) >= 11 is 0. The van der Waals surface area contributed by atoms with E-state index in [1.165, 1.54) is 11.3 Å². The van der Waals surface area contributed by atoms with E-state index in [9.17, 15) is 0 Å². The topological polar surface area (TPSA) is 89.4 Å². The van der Waals surface area contributed by atoms with Gasteiger partial charge < -0.3 is 24.9 Å². The van der Waals surface area contributed by atoms with Crippen LogP contribution in [0.25, 0.3) is 0 Å². The Morgan fingerprint density at radius 3 is 2.10 bits per heavy atom. The normalized spacial score (nSPS) is 16.4. The Hall–Kier alpha value is -4.31. The fraction of sp³-hybridized carbons (Fsp3) is 0.345. The van der Waals surface area contributed by atoms with E-state index in [0.717, 1.165) is 76.0 Å². The predicted molar refractivity (Wildman–Crippen MR) is 155 cm³/mol. The van der Waals surface area contributed by atoms with Crippen molar-refractivity contribution in [1.29, 1.82) is 0 Å². The smallest absolute Gasteiger partial charge is 0.231 e. The van der Waals surface area contributed by atoms with Gasteiger partial charge in [-0.1, -0.05) is 36.4 Å². The molecule has 10 heteroatoms. The molecule has 2 aromatic heterocycles. The van der Waals surface area contributed by atoms with Crippen molar-refractivity contribution >= 4 is 29.2 Å². The summed E-state index contributed by atoms with van der Waals surface area (Å²) in [6, 6.07) is 18.9. The Bertz CT molecular complexity index is 1350. The first-order chi connectivity index (χ1) is 19.2. The SMILES string of the molecule is CN1CCN(c2cccc(Nc3ncnc(N4CCN(c5ncc(Cc6ccccc6)cn5)CC4)n3)c2)CC1. The fourth-order valence-corrected chi connectivity index (χ4v) is 5.01. The molecule has 0 saturated carbocycles. The Morgan fingerprint density at radius 2 is 1.36 bits per heavy atom. The molecule has 6 rings (SSSR count). The zero-order valence-corrected chi connectivity index (χ0v) is 22.3. The molecule has 10 nitrogen and oxygen atoms in total. The zero-order valence-electron chi connectivity index (χ0n) is 22.3. The van der Waals surface area contributed by atoms with Crippen molar-refractivity contribution in [3.05, 3.63) is 84.4 Å². The van der Waals surface area contributed by atoms with Crippen LogP contribution < -0.4 is 20.0 Å². The molecule has 4 aromatic rings. The molecule has 0 spiro atoms. The highest BCUT2D eigenvalue weighted by Crippen LogP contribution is 2.23. The lowest BCUT2D eigenvalue weighted by Crippen LogP contribution is -2.47. The summed E-state index contributed by atoms with van der Waals surface area (Å²) in [5, 5.41) is 3.37. The number of nitrogens with zero attached hydrogens (tertiary/aromatic N) is 9. The maximum absolute atomic E-state index is 4.72. The molecule has 0 unspecified atom stereocenters. The van der Waals surface area contributed by atoms with Crippen molar-refractivity contribution in [3.63, 3.8) is 0 Å². The van der Waals surface area contributed by atoms with Gasteiger partial charge in [-0.05, 0) is 36.4 Å². The molecule has 2 saturated heterocycles. The van der Waals surface area contributed by atoms with Gasteiger partial charge >= 0.3 is 0 Å². The van der Waals surface area contributed by atoms with Gasteiger partial charge in [0.1, 0.15) is 6.33 Å². The van der Waals surface area contributed by atoms with Crippen molar-refractivity contribution in [2.45, 2.75) is 6.42 Å². The third-order valence-electron chi connectivity index (χ3n) is 7.32. The number of nitrogens with one attached hydrogen (secondary N) is 1. The molecule has 2 aliphatic rings. The summed E-state index contributed by atoms with van der Waals surface area (Å²) in [6.45, 7) is 7.41. The Morgan fingerprint density at radius 1 is 0.667 bits per heavy atom. The van der Waals surface area contributed by atoms with Gasteiger partial charge in [0, 0.05) is 82.5 Å². The number of benzene rings is 2. The molecule has 0 aliphatic carbocycles. The maximum Gasteiger partial charge on any atom is 0.231 e. The predicted octanol–water partition coefficient (Wildman–Crippen LogP) is 3.07. The standard InChI is InChI=1S/C29H34N10/c1-36-10-12-37(13-11-36)26-9-5-8-25(19-26)34-27-32-22-33-29(35-27)39-16-14-38(15-17-39)28-30-20-24(21-31-28)18-23-6-3-2-4-7-23/h2-9,19-22H,10-18H2,1H3,(H,32,33,34,35). The summed E-state index contributed by atoms with van der Waals surface area (Å²) in [5.41, 5.74) is 4.56. The summed E-state index contributed by atoms with van der Waals surface area (Å²) in [5.74, 6) is 2.00. The van der Waals surface area contributed by atoms with Gasteiger partial charge in [-0.25, -0.2) is 19.9 Å². The molecule has 0 amide bonds. The van der Waals surface area contributed by atoms with Gasteiger partial charge in [0.25, 0.3) is 0 Å². The molecule has 2 fully saturated rings. The molecule has 0 bridgehead atoms. The average molecular weight is 523 g/mol. The number of aromatic nitrogens is 5. The molecular formula is C29H34N10. The largest absolute Gasteiger partial charge is 0.369 e. The van der Waals surface area contributed by atoms with Crippen molar-refractivity contribution in [3.8, 4) is 0 Å². The first kappa shape index (κ1) is 25.0. The number of piperazine rings is 2. The molecular weight excluding hydrogens is 488 g/mol. The van der Waals surface area contributed by atoms with Gasteiger partial charge in [-0.15, -0.1) is 0 Å². The van der Waals surface area contributed by atoms with E-state index in [4.69, 9.17) is 4.98 Å². The van der Waals surface area contributed by atoms with Gasteiger partial charge in [0.05, 0.1) is 0 Å². The van der Waals surface area contributed by atoms with Gasteiger partial charge in [-0.3, -0.25) is 0 Å². The maximum atomic E-state index is 4.72. The summed E-state index contributed by atoms with van der Waals surface area (Å²) in [7, 11) is 2.17. The van der Waals surface area contributed by atoms with E-state index >= 15 is 0 Å². The van der Waals surface area contributed by atoms with E-state index in [1.807, 2.05) is 24.5 Å². The number of hydrogen-bond donors (Lipinski definition) is 1. The lowest BCUT2D eigenvalue weighted by Gasteiger charge is -2.34. The molecule has 0 atom stereocenters. The van der Waals surface area contributed by atoms with E-state index in [2.05, 4.69) is 94.4 Å². The second-order valence-corrected chi connectivity index (χ2v) is 10.1. The highest BCUT2D eigenvalue weighted by Gasteiger charge is 2.21. The number of rotatable bonds is 7. The van der Waals surface area contributed by atoms with E-state index < -0.39 is 0 Å². The average Bonchev–Trinajstić information content (AvgIpc) is 2.99. The first-order valence-corrected chi connectivity index (χ1v) is 13.5. The highest BCUT2D eigenvalue weighted by atomic mass is 15.4. The van der Waals surface area contributed by atoms with Crippen LogP contribution in [-0.2, 0) is 6.42 Å². The van der Waals surface area contributed by atoms with Crippen molar-refractivity contribution in [2.75, 3.05) is 79.4 Å². The zero-order chi connectivity index (χ0) is 26.4. The monoisotopic (exact) mass is 522 g/mol. The van der Waals surface area contributed by atoms with Crippen molar-refractivity contribution in [1.82, 2.24) is 29.8 Å². The fourth-order valence-electron chi connectivity index (χ4n) is 5.01. The van der Waals surface area contributed by atoms with Crippen LogP contribution in [0.1, 0.15) is 11.1 Å². The summed E-state index contributed by atoms with van der Waals surface area (Å²) < 4.78 is 0. The molecule has 1 N–H and O–H groups in total. The molecule has 4 heterocycles. The third-order valence-corrected chi connectivity index (χ3v) is 7.32. The van der Waals surface area contributed by atoms with Crippen LogP contribution in [0, 0.1) is 0 Å². The van der Waals surface area contributed by atoms with Crippen LogP contribution in [-0.4, -0.2) is 89.2 Å². The quantitative estimate of drug-likeness (QED) is 0.391. The van der Waals surface area contributed by atoms with Crippen LogP contribution in [0.2, 0.25) is 0 Å². The molecule has 200 valence electrons. The van der Waals surface area contributed by atoms with E-state index in [1.54, 1.807) is 6.33 Å². The summed E-state index contributed by atoms with van der Waals surface area (Å²) in [6.07, 6.45) is 6.29. The number of anilines is 5. The van der Waals surface area contributed by atoms with Crippen LogP contribution in [0.5, 0.6) is 0 Å². The molecule has 2 aliphatic heterocycles. The highest BCUT2D eigenvalue weighted by molar-refractivity contribution is 5.62. The first-order valence-electron chi connectivity index (χ1n) is 13.5.